The van der Waals surface area contributed by atoms with Crippen molar-refractivity contribution < 1.29 is 19.4 Å². The van der Waals surface area contributed by atoms with Gasteiger partial charge in [0.05, 0.1) is 12.5 Å². The Morgan fingerprint density at radius 3 is 2.74 bits per heavy atom. The molecule has 5 nitrogen and oxygen atoms in total. The summed E-state index contributed by atoms with van der Waals surface area (Å²) in [7, 11) is 1.41. The SMILES string of the molecule is COCC(C)(NC(=O)C1Cc2ccccc21)C(=O)O. The molecule has 1 aliphatic carbocycles. The molecular weight excluding hydrogens is 246 g/mol. The second-order valence-corrected chi connectivity index (χ2v) is 5.02. The maximum absolute atomic E-state index is 12.2. The monoisotopic (exact) mass is 263 g/mol. The van der Waals surface area contributed by atoms with Gasteiger partial charge in [-0.3, -0.25) is 4.79 Å². The highest BCUT2D eigenvalue weighted by Gasteiger charge is 2.39. The third-order valence-corrected chi connectivity index (χ3v) is 3.48. The maximum Gasteiger partial charge on any atom is 0.331 e. The molecule has 0 fully saturated rings. The fourth-order valence-electron chi connectivity index (χ4n) is 2.29. The molecule has 0 aliphatic heterocycles. The second kappa shape index (κ2) is 5.01. The van der Waals surface area contributed by atoms with Gasteiger partial charge in [0.2, 0.25) is 5.91 Å². The average Bonchev–Trinajstić information content (AvgIpc) is 2.30. The first-order valence-corrected chi connectivity index (χ1v) is 6.10. The van der Waals surface area contributed by atoms with Crippen LogP contribution in [0.15, 0.2) is 24.3 Å². The lowest BCUT2D eigenvalue weighted by Crippen LogP contribution is -2.57. The summed E-state index contributed by atoms with van der Waals surface area (Å²) in [5.41, 5.74) is 0.729. The molecule has 0 radical (unpaired) electrons. The summed E-state index contributed by atoms with van der Waals surface area (Å²) in [6.07, 6.45) is 0.657. The zero-order valence-electron chi connectivity index (χ0n) is 11.0. The molecule has 1 aliphatic rings. The highest BCUT2D eigenvalue weighted by molar-refractivity contribution is 5.92. The van der Waals surface area contributed by atoms with Crippen LogP contribution in [0.4, 0.5) is 0 Å². The molecule has 0 heterocycles. The molecule has 2 unspecified atom stereocenters. The van der Waals surface area contributed by atoms with Gasteiger partial charge in [0.1, 0.15) is 0 Å². The number of carboxylic acid groups (broad SMARTS) is 1. The van der Waals surface area contributed by atoms with E-state index in [4.69, 9.17) is 4.74 Å². The Morgan fingerprint density at radius 1 is 1.47 bits per heavy atom. The van der Waals surface area contributed by atoms with Crippen molar-refractivity contribution in [3.63, 3.8) is 0 Å². The van der Waals surface area contributed by atoms with Gasteiger partial charge in [0.15, 0.2) is 5.54 Å². The smallest absolute Gasteiger partial charge is 0.331 e. The molecule has 0 spiro atoms. The fraction of sp³-hybridized carbons (Fsp3) is 0.429. The number of methoxy groups -OCH3 is 1. The number of carboxylic acids is 1. The minimum Gasteiger partial charge on any atom is -0.479 e. The van der Waals surface area contributed by atoms with Crippen molar-refractivity contribution in [2.75, 3.05) is 13.7 Å². The van der Waals surface area contributed by atoms with E-state index in [9.17, 15) is 14.7 Å². The van der Waals surface area contributed by atoms with Crippen molar-refractivity contribution in [1.29, 1.82) is 0 Å². The Hall–Kier alpha value is -1.88. The maximum atomic E-state index is 12.2. The average molecular weight is 263 g/mol. The number of hydrogen-bond acceptors (Lipinski definition) is 3. The number of fused-ring (bicyclic) bond motifs is 1. The van der Waals surface area contributed by atoms with Crippen molar-refractivity contribution in [2.45, 2.75) is 24.8 Å². The summed E-state index contributed by atoms with van der Waals surface area (Å²) in [5, 5.41) is 11.8. The minimum absolute atomic E-state index is 0.0670. The van der Waals surface area contributed by atoms with Crippen LogP contribution in [-0.2, 0) is 20.7 Å². The van der Waals surface area contributed by atoms with Crippen LogP contribution in [0.25, 0.3) is 0 Å². The van der Waals surface area contributed by atoms with E-state index in [-0.39, 0.29) is 18.4 Å². The van der Waals surface area contributed by atoms with Crippen LogP contribution >= 0.6 is 0 Å². The molecular formula is C14H17NO4. The van der Waals surface area contributed by atoms with Gasteiger partial charge >= 0.3 is 5.97 Å². The van der Waals surface area contributed by atoms with E-state index in [1.54, 1.807) is 0 Å². The molecule has 0 bridgehead atoms. The van der Waals surface area contributed by atoms with Gasteiger partial charge < -0.3 is 15.2 Å². The van der Waals surface area contributed by atoms with Crippen LogP contribution in [0.2, 0.25) is 0 Å². The number of ether oxygens (including phenoxy) is 1. The van der Waals surface area contributed by atoms with Crippen molar-refractivity contribution in [1.82, 2.24) is 5.32 Å². The summed E-state index contributed by atoms with van der Waals surface area (Å²) in [6.45, 7) is 1.38. The number of carbonyl (C=O) groups excluding carboxylic acids is 1. The van der Waals surface area contributed by atoms with E-state index in [0.29, 0.717) is 6.42 Å². The number of aliphatic carboxylic acids is 1. The van der Waals surface area contributed by atoms with E-state index in [0.717, 1.165) is 11.1 Å². The Bertz CT molecular complexity index is 514. The standard InChI is InChI=1S/C14H17NO4/c1-14(8-19-2,13(17)18)15-12(16)11-7-9-5-3-4-6-10(9)11/h3-6,11H,7-8H2,1-2H3,(H,15,16)(H,17,18). The molecule has 102 valence electrons. The van der Waals surface area contributed by atoms with E-state index < -0.39 is 11.5 Å². The Balaban J connectivity index is 2.08. The van der Waals surface area contributed by atoms with E-state index in [1.165, 1.54) is 14.0 Å². The number of benzene rings is 1. The van der Waals surface area contributed by atoms with Gasteiger partial charge in [-0.05, 0) is 24.5 Å². The molecule has 2 rings (SSSR count). The van der Waals surface area contributed by atoms with Gasteiger partial charge in [-0.2, -0.15) is 0 Å². The molecule has 0 saturated carbocycles. The highest BCUT2D eigenvalue weighted by atomic mass is 16.5. The number of carbonyl (C=O) groups is 2. The zero-order chi connectivity index (χ0) is 14.0. The quantitative estimate of drug-likeness (QED) is 0.828. The zero-order valence-corrected chi connectivity index (χ0v) is 11.0. The molecule has 2 atom stereocenters. The molecule has 1 aromatic carbocycles. The van der Waals surface area contributed by atoms with Crippen LogP contribution in [0.5, 0.6) is 0 Å². The molecule has 0 saturated heterocycles. The fourth-order valence-corrected chi connectivity index (χ4v) is 2.29. The van der Waals surface area contributed by atoms with Crippen LogP contribution in [0.3, 0.4) is 0 Å². The van der Waals surface area contributed by atoms with E-state index in [1.807, 2.05) is 24.3 Å². The molecule has 1 amide bonds. The van der Waals surface area contributed by atoms with Crippen molar-refractivity contribution in [3.05, 3.63) is 35.4 Å². The second-order valence-electron chi connectivity index (χ2n) is 5.02. The van der Waals surface area contributed by atoms with E-state index >= 15 is 0 Å². The van der Waals surface area contributed by atoms with Gasteiger partial charge in [-0.15, -0.1) is 0 Å². The predicted octanol–water partition coefficient (Wildman–Crippen LogP) is 0.932. The lowest BCUT2D eigenvalue weighted by Gasteiger charge is -2.33. The number of amides is 1. The van der Waals surface area contributed by atoms with Crippen LogP contribution in [0, 0.1) is 0 Å². The van der Waals surface area contributed by atoms with Crippen LogP contribution in [0.1, 0.15) is 24.0 Å². The number of hydrogen-bond donors (Lipinski definition) is 2. The topological polar surface area (TPSA) is 75.6 Å². The lowest BCUT2D eigenvalue weighted by molar-refractivity contribution is -0.149. The first-order valence-electron chi connectivity index (χ1n) is 6.10. The van der Waals surface area contributed by atoms with Gasteiger partial charge in [-0.25, -0.2) is 4.79 Å². The third-order valence-electron chi connectivity index (χ3n) is 3.48. The predicted molar refractivity (Wildman–Crippen MR) is 68.9 cm³/mol. The van der Waals surface area contributed by atoms with E-state index in [2.05, 4.69) is 5.32 Å². The van der Waals surface area contributed by atoms with Crippen molar-refractivity contribution in [2.24, 2.45) is 0 Å². The lowest BCUT2D eigenvalue weighted by atomic mass is 9.77. The number of rotatable bonds is 5. The third kappa shape index (κ3) is 2.46. The molecule has 5 heteroatoms. The first kappa shape index (κ1) is 13.5. The number of nitrogens with one attached hydrogen (secondary N) is 1. The summed E-state index contributed by atoms with van der Waals surface area (Å²) < 4.78 is 4.87. The summed E-state index contributed by atoms with van der Waals surface area (Å²) in [6, 6.07) is 7.69. The van der Waals surface area contributed by atoms with Gasteiger partial charge in [0.25, 0.3) is 0 Å². The molecule has 19 heavy (non-hydrogen) atoms. The molecule has 2 N–H and O–H groups in total. The summed E-state index contributed by atoms with van der Waals surface area (Å²) in [5.74, 6) is -1.62. The van der Waals surface area contributed by atoms with Crippen LogP contribution in [-0.4, -0.2) is 36.2 Å². The van der Waals surface area contributed by atoms with Crippen LogP contribution < -0.4 is 5.32 Å². The normalized spacial score (nSPS) is 19.8. The van der Waals surface area contributed by atoms with Gasteiger partial charge in [-0.1, -0.05) is 24.3 Å². The highest BCUT2D eigenvalue weighted by Crippen LogP contribution is 2.35. The largest absolute Gasteiger partial charge is 0.479 e. The minimum atomic E-state index is -1.39. The Morgan fingerprint density at radius 2 is 2.16 bits per heavy atom. The van der Waals surface area contributed by atoms with Gasteiger partial charge in [0, 0.05) is 7.11 Å². The van der Waals surface area contributed by atoms with Crippen molar-refractivity contribution in [3.8, 4) is 0 Å². The Kier molecular flexibility index (Phi) is 3.57. The molecule has 1 aromatic rings. The summed E-state index contributed by atoms with van der Waals surface area (Å²) >= 11 is 0. The molecule has 0 aromatic heterocycles. The summed E-state index contributed by atoms with van der Waals surface area (Å²) in [4.78, 5) is 23.4. The Labute approximate surface area is 111 Å². The first-order chi connectivity index (χ1) is 8.98. The van der Waals surface area contributed by atoms with Crippen molar-refractivity contribution >= 4 is 11.9 Å².